The van der Waals surface area contributed by atoms with E-state index >= 15 is 0 Å². The third-order valence-electron chi connectivity index (χ3n) is 0. The van der Waals surface area contributed by atoms with Crippen LogP contribution in [-0.4, -0.2) is 11.0 Å². The number of halogens is 3. The maximum absolute atomic E-state index is 9.00. The fourth-order valence-corrected chi connectivity index (χ4v) is 0. The van der Waals surface area contributed by atoms with Crippen molar-refractivity contribution in [3.05, 3.63) is 0 Å². The van der Waals surface area contributed by atoms with Crippen LogP contribution in [0.25, 0.3) is 0 Å². The van der Waals surface area contributed by atoms with Crippen LogP contribution in [0.3, 0.4) is 0 Å². The lowest BCUT2D eigenvalue weighted by atomic mass is 10.9. The maximum Gasteiger partial charge on any atom is 0.300 e. The van der Waals surface area contributed by atoms with Crippen molar-refractivity contribution >= 4 is 73.7 Å². The van der Waals surface area contributed by atoms with Gasteiger partial charge in [0.2, 0.25) is 0 Å². The molecule has 0 atom stereocenters. The quantitative estimate of drug-likeness (QED) is 0.452. The van der Waals surface area contributed by atoms with E-state index in [-0.39, 0.29) is 0 Å². The zero-order valence-corrected chi connectivity index (χ0v) is 10.5. The molecular formula is C3H5I3O2. The van der Waals surface area contributed by atoms with Gasteiger partial charge in [-0.15, -0.1) is 0 Å². The standard InChI is InChI=1S/C2H4O2.CHI3/c1-2(3)4;2-1(3)4/h1H3,(H,3,4);1H. The molecule has 0 aromatic heterocycles. The molecule has 0 spiro atoms. The summed E-state index contributed by atoms with van der Waals surface area (Å²) in [6.07, 6.45) is 0. The minimum atomic E-state index is -0.833. The lowest BCUT2D eigenvalue weighted by Crippen LogP contribution is -1.78. The molecule has 0 heterocycles. The summed E-state index contributed by atoms with van der Waals surface area (Å²) < 4.78 is 0.743. The molecule has 0 aliphatic heterocycles. The summed E-state index contributed by atoms with van der Waals surface area (Å²) in [5.41, 5.74) is 0. The molecule has 0 saturated heterocycles. The first-order chi connectivity index (χ1) is 3.46. The van der Waals surface area contributed by atoms with Gasteiger partial charge in [0.25, 0.3) is 5.97 Å². The smallest absolute Gasteiger partial charge is 0.300 e. The molecule has 0 fully saturated rings. The molecule has 0 amide bonds. The number of carboxylic acid groups (broad SMARTS) is 1. The average molecular weight is 454 g/mol. The largest absolute Gasteiger partial charge is 0.481 e. The van der Waals surface area contributed by atoms with E-state index in [9.17, 15) is 0 Å². The van der Waals surface area contributed by atoms with E-state index in [4.69, 9.17) is 9.90 Å². The zero-order chi connectivity index (χ0) is 7.15. The van der Waals surface area contributed by atoms with Crippen LogP contribution in [0.2, 0.25) is 0 Å². The summed E-state index contributed by atoms with van der Waals surface area (Å²) in [7, 11) is 0. The highest BCUT2D eigenvalue weighted by Gasteiger charge is 1.76. The Morgan fingerprint density at radius 2 is 1.50 bits per heavy atom. The number of carboxylic acids is 1. The van der Waals surface area contributed by atoms with Crippen LogP contribution in [0, 0.1) is 0 Å². The predicted octanol–water partition coefficient (Wildman–Crippen LogP) is 2.67. The Hall–Kier alpha value is 1.66. The molecule has 0 radical (unpaired) electrons. The second kappa shape index (κ2) is 8.66. The summed E-state index contributed by atoms with van der Waals surface area (Å²) in [6.45, 7) is 1.08. The molecule has 0 aromatic carbocycles. The van der Waals surface area contributed by atoms with Gasteiger partial charge in [0.1, 0.15) is -0.0619 Å². The van der Waals surface area contributed by atoms with Crippen molar-refractivity contribution in [3.8, 4) is 0 Å². The third-order valence-corrected chi connectivity index (χ3v) is 0. The van der Waals surface area contributed by atoms with Gasteiger partial charge in [0.15, 0.2) is 0 Å². The Labute approximate surface area is 89.2 Å². The molecule has 0 bridgehead atoms. The summed E-state index contributed by atoms with van der Waals surface area (Å²) in [5, 5.41) is 7.42. The predicted molar refractivity (Wildman–Crippen MR) is 59.2 cm³/mol. The molecule has 0 unspecified atom stereocenters. The molecule has 8 heavy (non-hydrogen) atoms. The second-order valence-corrected chi connectivity index (χ2v) is 11.7. The summed E-state index contributed by atoms with van der Waals surface area (Å²) in [4.78, 5) is 9.00. The van der Waals surface area contributed by atoms with Gasteiger partial charge in [-0.25, -0.2) is 0 Å². The minimum absolute atomic E-state index is 0.743. The Balaban J connectivity index is 0. The fraction of sp³-hybridized carbons (Fsp3) is 0.667. The van der Waals surface area contributed by atoms with Crippen LogP contribution in [0.5, 0.6) is 0 Å². The molecular weight excluding hydrogens is 449 g/mol. The highest BCUT2D eigenvalue weighted by atomic mass is 127. The van der Waals surface area contributed by atoms with Gasteiger partial charge < -0.3 is 5.11 Å². The van der Waals surface area contributed by atoms with E-state index in [1.54, 1.807) is 0 Å². The van der Waals surface area contributed by atoms with Crippen LogP contribution < -0.4 is 0 Å². The molecule has 0 rings (SSSR count). The Morgan fingerprint density at radius 1 is 1.50 bits per heavy atom. The molecule has 0 saturated carbocycles. The van der Waals surface area contributed by atoms with Gasteiger partial charge in [-0.05, 0) is 0 Å². The van der Waals surface area contributed by atoms with Gasteiger partial charge in [-0.3, -0.25) is 4.79 Å². The molecule has 2 nitrogen and oxygen atoms in total. The molecule has 0 aliphatic rings. The SMILES string of the molecule is CC(=O)O.IC(I)I. The minimum Gasteiger partial charge on any atom is -0.481 e. The fourth-order valence-electron chi connectivity index (χ4n) is 0. The number of carbonyl (C=O) groups is 1. The van der Waals surface area contributed by atoms with Crippen LogP contribution in [0.1, 0.15) is 6.92 Å². The lowest BCUT2D eigenvalue weighted by Gasteiger charge is -1.71. The topological polar surface area (TPSA) is 37.3 Å². The normalized spacial score (nSPS) is 7.62. The van der Waals surface area contributed by atoms with Gasteiger partial charge in [0, 0.05) is 6.92 Å². The summed E-state index contributed by atoms with van der Waals surface area (Å²) in [5.74, 6) is -0.833. The van der Waals surface area contributed by atoms with Crippen molar-refractivity contribution in [1.82, 2.24) is 0 Å². The van der Waals surface area contributed by atoms with Crippen LogP contribution in [0.4, 0.5) is 0 Å². The van der Waals surface area contributed by atoms with E-state index in [0.717, 1.165) is 6.86 Å². The third kappa shape index (κ3) is 123. The molecule has 50 valence electrons. The van der Waals surface area contributed by atoms with Crippen LogP contribution >= 0.6 is 67.8 Å². The number of hydrogen-bond donors (Lipinski definition) is 1. The summed E-state index contributed by atoms with van der Waals surface area (Å²) in [6, 6.07) is 0. The second-order valence-electron chi connectivity index (χ2n) is 0.766. The molecule has 0 aliphatic carbocycles. The molecule has 1 N–H and O–H groups in total. The highest BCUT2D eigenvalue weighted by molar-refractivity contribution is 14.3. The van der Waals surface area contributed by atoms with E-state index < -0.39 is 5.97 Å². The molecule has 0 aromatic rings. The summed E-state index contributed by atoms with van der Waals surface area (Å²) >= 11 is 6.95. The van der Waals surface area contributed by atoms with Gasteiger partial charge in [-0.1, -0.05) is 67.8 Å². The lowest BCUT2D eigenvalue weighted by molar-refractivity contribution is -0.134. The maximum atomic E-state index is 9.00. The first-order valence-electron chi connectivity index (χ1n) is 1.58. The van der Waals surface area contributed by atoms with Crippen molar-refractivity contribution < 1.29 is 9.90 Å². The van der Waals surface area contributed by atoms with Gasteiger partial charge >= 0.3 is 0 Å². The monoisotopic (exact) mass is 454 g/mol. The zero-order valence-electron chi connectivity index (χ0n) is 4.07. The highest BCUT2D eigenvalue weighted by Crippen LogP contribution is 2.16. The van der Waals surface area contributed by atoms with Gasteiger partial charge in [-0.2, -0.15) is 0 Å². The van der Waals surface area contributed by atoms with Crippen molar-refractivity contribution in [2.24, 2.45) is 0 Å². The average Bonchev–Trinajstić information content (AvgIpc) is 1.25. The molecule has 5 heteroatoms. The van der Waals surface area contributed by atoms with Crippen LogP contribution in [-0.2, 0) is 4.79 Å². The van der Waals surface area contributed by atoms with E-state index in [1.807, 2.05) is 0 Å². The first-order valence-corrected chi connectivity index (χ1v) is 5.32. The van der Waals surface area contributed by atoms with E-state index in [0.29, 0.717) is 0 Å². The van der Waals surface area contributed by atoms with Crippen LogP contribution in [0.15, 0.2) is 0 Å². The van der Waals surface area contributed by atoms with E-state index in [2.05, 4.69) is 67.8 Å². The Kier molecular flexibility index (Phi) is 13.4. The number of rotatable bonds is 0. The van der Waals surface area contributed by atoms with Crippen molar-refractivity contribution in [3.63, 3.8) is 0 Å². The number of aliphatic carboxylic acids is 1. The van der Waals surface area contributed by atoms with E-state index in [1.165, 1.54) is 0 Å². The van der Waals surface area contributed by atoms with Gasteiger partial charge in [0.05, 0.1) is 0 Å². The van der Waals surface area contributed by atoms with Crippen molar-refractivity contribution in [2.75, 3.05) is 0 Å². The Bertz CT molecular complexity index is 56.8. The van der Waals surface area contributed by atoms with Crippen molar-refractivity contribution in [1.29, 1.82) is 0 Å². The first kappa shape index (κ1) is 12.3. The van der Waals surface area contributed by atoms with Crippen molar-refractivity contribution in [2.45, 2.75) is 6.86 Å². The Morgan fingerprint density at radius 3 is 1.50 bits per heavy atom. The number of hydrogen-bond acceptors (Lipinski definition) is 1. The number of alkyl halides is 3.